The predicted octanol–water partition coefficient (Wildman–Crippen LogP) is 3.89. The lowest BCUT2D eigenvalue weighted by atomic mass is 9.86. The van der Waals surface area contributed by atoms with Gasteiger partial charge in [0.05, 0.1) is 19.3 Å². The summed E-state index contributed by atoms with van der Waals surface area (Å²) >= 11 is 0. The highest BCUT2D eigenvalue weighted by atomic mass is 16.5. The number of aryl methyl sites for hydroxylation is 1. The van der Waals surface area contributed by atoms with Gasteiger partial charge in [0.2, 0.25) is 0 Å². The highest BCUT2D eigenvalue weighted by Gasteiger charge is 2.24. The van der Waals surface area contributed by atoms with Crippen LogP contribution >= 0.6 is 0 Å². The molecule has 0 aliphatic carbocycles. The van der Waals surface area contributed by atoms with Crippen molar-refractivity contribution in [1.29, 1.82) is 0 Å². The van der Waals surface area contributed by atoms with Gasteiger partial charge in [-0.1, -0.05) is 38.8 Å². The first-order valence-corrected chi connectivity index (χ1v) is 9.47. The Hall–Kier alpha value is -2.44. The second-order valence-corrected chi connectivity index (χ2v) is 7.35. The summed E-state index contributed by atoms with van der Waals surface area (Å²) in [5, 5.41) is 14.3. The largest absolute Gasteiger partial charge is 0.496 e. The molecule has 2 aromatic rings. The van der Waals surface area contributed by atoms with Crippen LogP contribution in [0.5, 0.6) is 11.5 Å². The van der Waals surface area contributed by atoms with E-state index in [1.54, 1.807) is 14.0 Å². The molecule has 0 unspecified atom stereocenters. The molecule has 0 bridgehead atoms. The van der Waals surface area contributed by atoms with E-state index in [1.165, 1.54) is 0 Å². The molecule has 0 atom stereocenters. The van der Waals surface area contributed by atoms with E-state index in [1.807, 2.05) is 12.1 Å². The number of hydrogen-bond donors (Lipinski definition) is 1. The molecule has 7 nitrogen and oxygen atoms in total. The van der Waals surface area contributed by atoms with Crippen molar-refractivity contribution in [2.75, 3.05) is 13.7 Å². The van der Waals surface area contributed by atoms with E-state index in [4.69, 9.17) is 9.47 Å². The smallest absolute Gasteiger partial charge is 0.180 e. The van der Waals surface area contributed by atoms with E-state index in [0.29, 0.717) is 17.9 Å². The first-order chi connectivity index (χ1) is 12.9. The lowest BCUT2D eigenvalue weighted by Crippen LogP contribution is -2.19. The minimum absolute atomic E-state index is 0.00248. The van der Waals surface area contributed by atoms with Gasteiger partial charge in [-0.25, -0.2) is 0 Å². The second-order valence-electron chi connectivity index (χ2n) is 7.35. The van der Waals surface area contributed by atoms with Gasteiger partial charge in [-0.2, -0.15) is 5.21 Å². The third kappa shape index (κ3) is 5.52. The molecule has 0 saturated carbocycles. The molecule has 2 rings (SSSR count). The molecule has 1 heterocycles. The third-order valence-electron chi connectivity index (χ3n) is 4.80. The number of nitrogens with one attached hydrogen (secondary N) is 1. The van der Waals surface area contributed by atoms with Gasteiger partial charge in [0, 0.05) is 11.5 Å². The van der Waals surface area contributed by atoms with Gasteiger partial charge in [0.15, 0.2) is 11.6 Å². The number of unbranched alkanes of at least 4 members (excludes halogenated alkanes) is 2. The fraction of sp³-hybridized carbons (Fsp3) is 0.600. The summed E-state index contributed by atoms with van der Waals surface area (Å²) in [5.41, 5.74) is 1.55. The van der Waals surface area contributed by atoms with Gasteiger partial charge in [0.1, 0.15) is 11.5 Å². The standard InChI is InChI=1S/C20H30N4O3/c1-6-15-12-16(14(2)25)18(26-5)13-17(15)27-11-9-7-8-10-20(3,4)19-21-23-24-22-19/h12-13H,6-11H2,1-5H3,(H,21,22,23,24). The number of methoxy groups -OCH3 is 1. The molecule has 7 heteroatoms. The number of aromatic amines is 1. The molecule has 0 saturated heterocycles. The number of carbonyl (C=O) groups is 1. The summed E-state index contributed by atoms with van der Waals surface area (Å²) in [6.45, 7) is 8.50. The summed E-state index contributed by atoms with van der Waals surface area (Å²) in [6, 6.07) is 3.71. The SMILES string of the molecule is CCc1cc(C(C)=O)c(OC)cc1OCCCCCC(C)(C)c1nn[nH]n1. The molecule has 0 aliphatic rings. The lowest BCUT2D eigenvalue weighted by molar-refractivity contribution is 0.101. The van der Waals surface area contributed by atoms with Gasteiger partial charge in [0.25, 0.3) is 0 Å². The fourth-order valence-electron chi connectivity index (χ4n) is 3.05. The minimum Gasteiger partial charge on any atom is -0.496 e. The quantitative estimate of drug-likeness (QED) is 0.474. The van der Waals surface area contributed by atoms with Crippen molar-refractivity contribution in [2.45, 2.75) is 65.2 Å². The molecular formula is C20H30N4O3. The van der Waals surface area contributed by atoms with Crippen molar-refractivity contribution in [3.8, 4) is 11.5 Å². The number of rotatable bonds is 11. The third-order valence-corrected chi connectivity index (χ3v) is 4.80. The van der Waals surface area contributed by atoms with Crippen LogP contribution in [0.2, 0.25) is 0 Å². The van der Waals surface area contributed by atoms with Crippen LogP contribution in [0.1, 0.15) is 75.1 Å². The van der Waals surface area contributed by atoms with Gasteiger partial charge in [-0.05, 0) is 37.8 Å². The number of benzene rings is 1. The van der Waals surface area contributed by atoms with Crippen molar-refractivity contribution >= 4 is 5.78 Å². The molecule has 1 aromatic carbocycles. The van der Waals surface area contributed by atoms with Gasteiger partial charge in [-0.15, -0.1) is 10.2 Å². The molecule has 148 valence electrons. The van der Waals surface area contributed by atoms with Crippen molar-refractivity contribution in [2.24, 2.45) is 0 Å². The van der Waals surface area contributed by atoms with E-state index >= 15 is 0 Å². The molecule has 0 aliphatic heterocycles. The van der Waals surface area contributed by atoms with Crippen molar-refractivity contribution in [3.63, 3.8) is 0 Å². The number of nitrogens with zero attached hydrogens (tertiary/aromatic N) is 3. The van der Waals surface area contributed by atoms with Gasteiger partial charge in [-0.3, -0.25) is 4.79 Å². The topological polar surface area (TPSA) is 90.0 Å². The zero-order valence-corrected chi connectivity index (χ0v) is 17.0. The highest BCUT2D eigenvalue weighted by molar-refractivity contribution is 5.97. The molecule has 0 fully saturated rings. The van der Waals surface area contributed by atoms with Crippen LogP contribution in [0.15, 0.2) is 12.1 Å². The normalized spacial score (nSPS) is 11.4. The molecule has 27 heavy (non-hydrogen) atoms. The molecule has 0 amide bonds. The Bertz CT molecular complexity index is 742. The monoisotopic (exact) mass is 374 g/mol. The van der Waals surface area contributed by atoms with Crippen LogP contribution in [0.25, 0.3) is 0 Å². The zero-order valence-electron chi connectivity index (χ0n) is 17.0. The summed E-state index contributed by atoms with van der Waals surface area (Å²) in [5.74, 6) is 2.12. The van der Waals surface area contributed by atoms with Crippen LogP contribution in [0.4, 0.5) is 0 Å². The van der Waals surface area contributed by atoms with Crippen LogP contribution in [0.3, 0.4) is 0 Å². The van der Waals surface area contributed by atoms with Crippen molar-refractivity contribution in [3.05, 3.63) is 29.1 Å². The maximum Gasteiger partial charge on any atom is 0.180 e. The second kappa shape index (κ2) is 9.48. The van der Waals surface area contributed by atoms with E-state index in [-0.39, 0.29) is 11.2 Å². The van der Waals surface area contributed by atoms with Gasteiger partial charge >= 0.3 is 0 Å². The number of aromatic nitrogens is 4. The molecule has 1 N–H and O–H groups in total. The number of H-pyrrole nitrogens is 1. The summed E-state index contributed by atoms with van der Waals surface area (Å²) < 4.78 is 11.3. The number of carbonyl (C=O) groups excluding carboxylic acids is 1. The van der Waals surface area contributed by atoms with E-state index in [2.05, 4.69) is 41.4 Å². The number of ketones is 1. The summed E-state index contributed by atoms with van der Waals surface area (Å²) in [4.78, 5) is 11.8. The fourth-order valence-corrected chi connectivity index (χ4v) is 3.05. The molecule has 0 radical (unpaired) electrons. The number of tetrazole rings is 1. The highest BCUT2D eigenvalue weighted by Crippen LogP contribution is 2.30. The number of ether oxygens (including phenoxy) is 2. The van der Waals surface area contributed by atoms with E-state index in [0.717, 1.165) is 49.2 Å². The Morgan fingerprint density at radius 3 is 2.56 bits per heavy atom. The van der Waals surface area contributed by atoms with Crippen LogP contribution in [-0.2, 0) is 11.8 Å². The van der Waals surface area contributed by atoms with Crippen LogP contribution in [0, 0.1) is 0 Å². The van der Waals surface area contributed by atoms with Gasteiger partial charge < -0.3 is 9.47 Å². The first-order valence-electron chi connectivity index (χ1n) is 9.47. The Morgan fingerprint density at radius 2 is 1.96 bits per heavy atom. The average Bonchev–Trinajstić information content (AvgIpc) is 3.19. The van der Waals surface area contributed by atoms with Crippen LogP contribution in [-0.4, -0.2) is 40.1 Å². The van der Waals surface area contributed by atoms with Crippen LogP contribution < -0.4 is 9.47 Å². The molecular weight excluding hydrogens is 344 g/mol. The number of Topliss-reactive ketones (excluding diaryl/α,β-unsaturated/α-hetero) is 1. The zero-order chi connectivity index (χ0) is 19.9. The Balaban J connectivity index is 1.84. The first kappa shape index (κ1) is 20.9. The van der Waals surface area contributed by atoms with Crippen molar-refractivity contribution in [1.82, 2.24) is 20.6 Å². The average molecular weight is 374 g/mol. The van der Waals surface area contributed by atoms with E-state index < -0.39 is 0 Å². The maximum atomic E-state index is 11.8. The summed E-state index contributed by atoms with van der Waals surface area (Å²) in [7, 11) is 1.57. The summed E-state index contributed by atoms with van der Waals surface area (Å²) in [6.07, 6.45) is 4.89. The minimum atomic E-state index is -0.0842. The Labute approximate surface area is 160 Å². The Kier molecular flexibility index (Phi) is 7.33. The maximum absolute atomic E-state index is 11.8. The molecule has 1 aromatic heterocycles. The molecule has 0 spiro atoms. The predicted molar refractivity (Wildman–Crippen MR) is 104 cm³/mol. The lowest BCUT2D eigenvalue weighted by Gasteiger charge is -2.20. The van der Waals surface area contributed by atoms with E-state index in [9.17, 15) is 4.79 Å². The van der Waals surface area contributed by atoms with Crippen molar-refractivity contribution < 1.29 is 14.3 Å². The Morgan fingerprint density at radius 1 is 1.19 bits per heavy atom. The number of hydrogen-bond acceptors (Lipinski definition) is 6.